The second-order valence-electron chi connectivity index (χ2n) is 9.59. The van der Waals surface area contributed by atoms with E-state index in [9.17, 15) is 9.59 Å². The fourth-order valence-electron chi connectivity index (χ4n) is 6.13. The molecule has 4 nitrogen and oxygen atoms in total. The van der Waals surface area contributed by atoms with Gasteiger partial charge in [0.05, 0.1) is 5.04 Å². The number of carbonyl (C=O) groups excluding carboxylic acids is 2. The molecule has 1 saturated heterocycles. The van der Waals surface area contributed by atoms with Gasteiger partial charge in [0.25, 0.3) is 11.8 Å². The zero-order valence-corrected chi connectivity index (χ0v) is 18.0. The first-order chi connectivity index (χ1) is 14.0. The van der Waals surface area contributed by atoms with Crippen LogP contribution in [0.15, 0.2) is 35.3 Å². The largest absolute Gasteiger partial charge is 0.339 e. The van der Waals surface area contributed by atoms with Gasteiger partial charge in [0.1, 0.15) is 4.75 Å². The number of hydrogen-bond donors (Lipinski definition) is 0. The van der Waals surface area contributed by atoms with Crippen LogP contribution >= 0.6 is 11.8 Å². The molecular formula is C24H30N2O2S. The summed E-state index contributed by atoms with van der Waals surface area (Å²) in [5.74, 6) is 3.02. The van der Waals surface area contributed by atoms with E-state index < -0.39 is 4.75 Å². The third kappa shape index (κ3) is 3.56. The number of fused-ring (bicyclic) bond motifs is 2. The number of amides is 2. The van der Waals surface area contributed by atoms with Crippen molar-refractivity contribution in [2.75, 3.05) is 13.1 Å². The quantitative estimate of drug-likeness (QED) is 0.717. The molecule has 2 aliphatic carbocycles. The molecule has 0 N–H and O–H groups in total. The zero-order chi connectivity index (χ0) is 20.0. The van der Waals surface area contributed by atoms with Crippen molar-refractivity contribution in [3.8, 4) is 0 Å². The number of rotatable bonds is 4. The molecule has 1 unspecified atom stereocenters. The molecule has 4 atom stereocenters. The summed E-state index contributed by atoms with van der Waals surface area (Å²) in [5.41, 5.74) is 0.750. The molecule has 29 heavy (non-hydrogen) atoms. The Morgan fingerprint density at radius 3 is 2.55 bits per heavy atom. The van der Waals surface area contributed by atoms with Crippen LogP contribution in [0.25, 0.3) is 0 Å². The fourth-order valence-corrected chi connectivity index (χ4v) is 7.58. The molecule has 2 heterocycles. The number of thioether (sulfide) groups is 1. The molecule has 154 valence electrons. The summed E-state index contributed by atoms with van der Waals surface area (Å²) in [6.45, 7) is 3.55. The molecule has 4 aliphatic rings. The van der Waals surface area contributed by atoms with Crippen LogP contribution in [0, 0.1) is 23.7 Å². The summed E-state index contributed by atoms with van der Waals surface area (Å²) >= 11 is 1.74. The number of carbonyl (C=O) groups is 2. The van der Waals surface area contributed by atoms with Gasteiger partial charge in [-0.2, -0.15) is 0 Å². The number of likely N-dealkylation sites (tertiary alicyclic amines) is 1. The van der Waals surface area contributed by atoms with Crippen LogP contribution in [0.1, 0.15) is 62.2 Å². The average molecular weight is 411 g/mol. The normalized spacial score (nSPS) is 34.7. The van der Waals surface area contributed by atoms with Crippen molar-refractivity contribution >= 4 is 28.6 Å². The number of aliphatic imine (C=N–C) groups is 1. The minimum Gasteiger partial charge on any atom is -0.339 e. The monoisotopic (exact) mass is 410 g/mol. The van der Waals surface area contributed by atoms with Crippen LogP contribution < -0.4 is 0 Å². The Labute approximate surface area is 177 Å². The van der Waals surface area contributed by atoms with Crippen LogP contribution in [0.2, 0.25) is 0 Å². The van der Waals surface area contributed by atoms with Gasteiger partial charge in [0, 0.05) is 18.7 Å². The highest BCUT2D eigenvalue weighted by atomic mass is 32.2. The lowest BCUT2D eigenvalue weighted by Gasteiger charge is -2.38. The standard InChI is InChI=1S/C24H30N2O2S/c1-24(20-9-11-26(12-10-20)22(27)17-5-3-2-4-6-17)23(28)25-21(29-24)15-19-14-16-7-8-18(19)13-16/h2-6,16,18-20H,7-15H2,1H3/t16-,18+,19-,24?/m1/s1. The third-order valence-electron chi connectivity index (χ3n) is 7.88. The SMILES string of the molecule is CC1(C2CCN(C(=O)c3ccccc3)CC2)SC(C[C@H]2C[C@@H]3CC[C@H]2C3)=NC1=O. The van der Waals surface area contributed by atoms with Crippen LogP contribution in [0.4, 0.5) is 0 Å². The summed E-state index contributed by atoms with van der Waals surface area (Å²) in [4.78, 5) is 32.1. The van der Waals surface area contributed by atoms with E-state index in [1.165, 1.54) is 25.7 Å². The number of hydrogen-bond acceptors (Lipinski definition) is 3. The van der Waals surface area contributed by atoms with Crippen LogP contribution in [0.5, 0.6) is 0 Å². The highest BCUT2D eigenvalue weighted by molar-refractivity contribution is 8.16. The van der Waals surface area contributed by atoms with E-state index in [1.54, 1.807) is 11.8 Å². The lowest BCUT2D eigenvalue weighted by molar-refractivity contribution is -0.121. The summed E-state index contributed by atoms with van der Waals surface area (Å²) in [5, 5.41) is 1.08. The number of nitrogens with zero attached hydrogens (tertiary/aromatic N) is 2. The van der Waals surface area contributed by atoms with Gasteiger partial charge >= 0.3 is 0 Å². The lowest BCUT2D eigenvalue weighted by Crippen LogP contribution is -2.46. The van der Waals surface area contributed by atoms with Crippen molar-refractivity contribution in [3.63, 3.8) is 0 Å². The van der Waals surface area contributed by atoms with Crippen molar-refractivity contribution in [1.29, 1.82) is 0 Å². The number of piperidine rings is 1. The highest BCUT2D eigenvalue weighted by Gasteiger charge is 2.49. The van der Waals surface area contributed by atoms with Gasteiger partial charge in [0.2, 0.25) is 0 Å². The molecule has 2 aliphatic heterocycles. The molecule has 1 aromatic carbocycles. The van der Waals surface area contributed by atoms with E-state index in [4.69, 9.17) is 0 Å². The Kier molecular flexibility index (Phi) is 5.05. The van der Waals surface area contributed by atoms with E-state index in [0.29, 0.717) is 5.92 Å². The first-order valence-electron chi connectivity index (χ1n) is 11.2. The molecule has 3 fully saturated rings. The Morgan fingerprint density at radius 1 is 1.14 bits per heavy atom. The Hall–Kier alpha value is -1.62. The van der Waals surface area contributed by atoms with Crippen molar-refractivity contribution < 1.29 is 9.59 Å². The second-order valence-corrected chi connectivity index (χ2v) is 11.1. The molecule has 5 rings (SSSR count). The van der Waals surface area contributed by atoms with Crippen molar-refractivity contribution in [2.24, 2.45) is 28.7 Å². The molecular weight excluding hydrogens is 380 g/mol. The molecule has 2 bridgehead atoms. The minimum atomic E-state index is -0.436. The third-order valence-corrected chi connectivity index (χ3v) is 9.31. The van der Waals surface area contributed by atoms with E-state index in [-0.39, 0.29) is 11.8 Å². The van der Waals surface area contributed by atoms with Gasteiger partial charge in [0.15, 0.2) is 0 Å². The fraction of sp³-hybridized carbons (Fsp3) is 0.625. The highest BCUT2D eigenvalue weighted by Crippen LogP contribution is 2.52. The van der Waals surface area contributed by atoms with Gasteiger partial charge < -0.3 is 4.90 Å². The lowest BCUT2D eigenvalue weighted by atomic mass is 9.84. The molecule has 0 aromatic heterocycles. The van der Waals surface area contributed by atoms with Crippen molar-refractivity contribution in [2.45, 2.75) is 56.6 Å². The molecule has 5 heteroatoms. The van der Waals surface area contributed by atoms with Crippen LogP contribution in [-0.4, -0.2) is 39.6 Å². The number of benzene rings is 1. The predicted molar refractivity (Wildman–Crippen MR) is 117 cm³/mol. The topological polar surface area (TPSA) is 49.7 Å². The predicted octanol–water partition coefficient (Wildman–Crippen LogP) is 4.80. The Balaban J connectivity index is 1.18. The van der Waals surface area contributed by atoms with E-state index in [2.05, 4.69) is 11.9 Å². The van der Waals surface area contributed by atoms with Gasteiger partial charge in [-0.3, -0.25) is 9.59 Å². The van der Waals surface area contributed by atoms with E-state index >= 15 is 0 Å². The molecule has 0 radical (unpaired) electrons. The van der Waals surface area contributed by atoms with Gasteiger partial charge in [-0.1, -0.05) is 36.4 Å². The minimum absolute atomic E-state index is 0.0634. The van der Waals surface area contributed by atoms with Crippen LogP contribution in [0.3, 0.4) is 0 Å². The summed E-state index contributed by atoms with van der Waals surface area (Å²) in [6, 6.07) is 9.50. The Bertz CT molecular complexity index is 831. The first-order valence-corrected chi connectivity index (χ1v) is 12.0. The maximum Gasteiger partial charge on any atom is 0.263 e. The van der Waals surface area contributed by atoms with Gasteiger partial charge in [-0.25, -0.2) is 4.99 Å². The summed E-state index contributed by atoms with van der Waals surface area (Å²) in [7, 11) is 0. The van der Waals surface area contributed by atoms with Gasteiger partial charge in [-0.05, 0) is 81.3 Å². The van der Waals surface area contributed by atoms with Gasteiger partial charge in [-0.15, -0.1) is 0 Å². The Morgan fingerprint density at radius 2 is 1.90 bits per heavy atom. The first kappa shape index (κ1) is 19.3. The average Bonchev–Trinajstić information content (AvgIpc) is 3.44. The maximum atomic E-state index is 12.9. The van der Waals surface area contributed by atoms with E-state index in [0.717, 1.165) is 60.7 Å². The molecule has 2 saturated carbocycles. The smallest absolute Gasteiger partial charge is 0.263 e. The molecule has 0 spiro atoms. The molecule has 1 aromatic rings. The summed E-state index contributed by atoms with van der Waals surface area (Å²) in [6.07, 6.45) is 8.31. The molecule has 2 amide bonds. The zero-order valence-electron chi connectivity index (χ0n) is 17.2. The maximum absolute atomic E-state index is 12.9. The van der Waals surface area contributed by atoms with E-state index in [1.807, 2.05) is 35.2 Å². The van der Waals surface area contributed by atoms with Crippen LogP contribution in [-0.2, 0) is 4.79 Å². The van der Waals surface area contributed by atoms with Crippen molar-refractivity contribution in [1.82, 2.24) is 4.90 Å². The summed E-state index contributed by atoms with van der Waals surface area (Å²) < 4.78 is -0.436. The van der Waals surface area contributed by atoms with Crippen molar-refractivity contribution in [3.05, 3.63) is 35.9 Å². The second kappa shape index (κ2) is 7.57.